The molecule has 3 aromatic rings. The zero-order valence-electron chi connectivity index (χ0n) is 13.5. The summed E-state index contributed by atoms with van der Waals surface area (Å²) in [7, 11) is 0. The third kappa shape index (κ3) is 3.55. The van der Waals surface area contributed by atoms with Crippen molar-refractivity contribution in [3.8, 4) is 11.4 Å². The van der Waals surface area contributed by atoms with E-state index < -0.39 is 23.8 Å². The summed E-state index contributed by atoms with van der Waals surface area (Å²) in [5.74, 6) is -0.125. The zero-order valence-corrected chi connectivity index (χ0v) is 13.5. The largest absolute Gasteiger partial charge is 0.433 e. The third-order valence-electron chi connectivity index (χ3n) is 3.46. The number of halogens is 3. The van der Waals surface area contributed by atoms with Crippen molar-refractivity contribution in [2.45, 2.75) is 26.1 Å². The summed E-state index contributed by atoms with van der Waals surface area (Å²) in [6, 6.07) is 1.47. The van der Waals surface area contributed by atoms with E-state index in [1.165, 1.54) is 12.3 Å². The Labute approximate surface area is 144 Å². The van der Waals surface area contributed by atoms with Crippen molar-refractivity contribution in [1.82, 2.24) is 25.6 Å². The molecule has 136 valence electrons. The summed E-state index contributed by atoms with van der Waals surface area (Å²) in [5.41, 5.74) is -0.720. The molecule has 3 heterocycles. The van der Waals surface area contributed by atoms with Gasteiger partial charge in [-0.1, -0.05) is 10.3 Å². The minimum absolute atomic E-state index is 0.0350. The summed E-state index contributed by atoms with van der Waals surface area (Å²) < 4.78 is 48.1. The van der Waals surface area contributed by atoms with E-state index in [0.29, 0.717) is 5.76 Å². The van der Waals surface area contributed by atoms with E-state index in [1.54, 1.807) is 13.8 Å². The van der Waals surface area contributed by atoms with E-state index in [2.05, 4.69) is 25.6 Å². The lowest BCUT2D eigenvalue weighted by atomic mass is 10.2. The van der Waals surface area contributed by atoms with Crippen molar-refractivity contribution in [3.05, 3.63) is 47.4 Å². The van der Waals surface area contributed by atoms with Gasteiger partial charge in [-0.3, -0.25) is 9.78 Å². The molecular formula is C15H12F3N5O3. The van der Waals surface area contributed by atoms with Gasteiger partial charge in [-0.05, 0) is 26.0 Å². The number of carbonyl (C=O) groups is 1. The molecule has 1 amide bonds. The van der Waals surface area contributed by atoms with Gasteiger partial charge < -0.3 is 14.4 Å². The van der Waals surface area contributed by atoms with Crippen LogP contribution in [0.2, 0.25) is 0 Å². The van der Waals surface area contributed by atoms with Crippen molar-refractivity contribution in [2.75, 3.05) is 0 Å². The molecule has 0 aliphatic heterocycles. The average molecular weight is 367 g/mol. The number of hydrogen-bond acceptors (Lipinski definition) is 7. The van der Waals surface area contributed by atoms with E-state index in [-0.39, 0.29) is 22.8 Å². The van der Waals surface area contributed by atoms with Crippen LogP contribution < -0.4 is 5.32 Å². The molecule has 0 saturated carbocycles. The van der Waals surface area contributed by atoms with E-state index in [0.717, 1.165) is 12.3 Å². The second-order valence-electron chi connectivity index (χ2n) is 5.37. The van der Waals surface area contributed by atoms with Crippen molar-refractivity contribution >= 4 is 5.91 Å². The molecule has 0 spiro atoms. The Morgan fingerprint density at radius 3 is 2.73 bits per heavy atom. The Morgan fingerprint density at radius 1 is 1.31 bits per heavy atom. The zero-order chi connectivity index (χ0) is 18.9. The summed E-state index contributed by atoms with van der Waals surface area (Å²) in [4.78, 5) is 19.4. The minimum atomic E-state index is -4.58. The topological polar surface area (TPSA) is 107 Å². The lowest BCUT2D eigenvalue weighted by molar-refractivity contribution is -0.141. The van der Waals surface area contributed by atoms with Gasteiger partial charge in [0.05, 0.1) is 6.20 Å². The molecule has 26 heavy (non-hydrogen) atoms. The van der Waals surface area contributed by atoms with Crippen molar-refractivity contribution in [3.63, 3.8) is 0 Å². The average Bonchev–Trinajstić information content (AvgIpc) is 3.23. The van der Waals surface area contributed by atoms with Crippen LogP contribution in [0.4, 0.5) is 13.2 Å². The highest BCUT2D eigenvalue weighted by Crippen LogP contribution is 2.30. The first kappa shape index (κ1) is 17.6. The molecule has 1 atom stereocenters. The van der Waals surface area contributed by atoms with Gasteiger partial charge in [-0.2, -0.15) is 18.2 Å². The first-order valence-corrected chi connectivity index (χ1v) is 7.35. The Balaban J connectivity index is 1.77. The van der Waals surface area contributed by atoms with Crippen LogP contribution >= 0.6 is 0 Å². The molecular weight excluding hydrogens is 355 g/mol. The van der Waals surface area contributed by atoms with Gasteiger partial charge in [0.15, 0.2) is 0 Å². The maximum Gasteiger partial charge on any atom is 0.433 e. The number of nitrogens with one attached hydrogen (secondary N) is 1. The monoisotopic (exact) mass is 367 g/mol. The van der Waals surface area contributed by atoms with Crippen LogP contribution in [0.25, 0.3) is 11.4 Å². The molecule has 3 rings (SSSR count). The van der Waals surface area contributed by atoms with Gasteiger partial charge in [0.1, 0.15) is 23.1 Å². The van der Waals surface area contributed by atoms with Gasteiger partial charge in [-0.15, -0.1) is 0 Å². The predicted octanol–water partition coefficient (Wildman–Crippen LogP) is 2.94. The molecule has 0 aliphatic carbocycles. The second-order valence-corrected chi connectivity index (χ2v) is 5.37. The van der Waals surface area contributed by atoms with E-state index in [1.807, 2.05) is 0 Å². The van der Waals surface area contributed by atoms with Gasteiger partial charge in [0, 0.05) is 11.8 Å². The lowest BCUT2D eigenvalue weighted by Crippen LogP contribution is -2.27. The fraction of sp³-hybridized carbons (Fsp3) is 0.267. The lowest BCUT2D eigenvalue weighted by Gasteiger charge is -2.08. The number of carbonyl (C=O) groups excluding carboxylic acids is 1. The van der Waals surface area contributed by atoms with Gasteiger partial charge >= 0.3 is 6.18 Å². The molecule has 0 saturated heterocycles. The van der Waals surface area contributed by atoms with Gasteiger partial charge in [0.2, 0.25) is 11.7 Å². The number of alkyl halides is 3. The predicted molar refractivity (Wildman–Crippen MR) is 79.7 cm³/mol. The molecule has 0 radical (unpaired) electrons. The molecule has 3 aromatic heterocycles. The summed E-state index contributed by atoms with van der Waals surface area (Å²) >= 11 is 0. The van der Waals surface area contributed by atoms with E-state index >= 15 is 0 Å². The first-order valence-electron chi connectivity index (χ1n) is 7.35. The van der Waals surface area contributed by atoms with Crippen LogP contribution in [0.5, 0.6) is 0 Å². The standard InChI is InChI=1S/C15H12F3N5O3/c1-7(21-13(24)10-6-20-25-8(10)2)14-22-12(23-26-14)9-3-4-19-11(5-9)15(16,17)18/h3-7H,1-2H3,(H,21,24)/t7-/m0/s1. The molecule has 0 aliphatic rings. The van der Waals surface area contributed by atoms with Crippen LogP contribution in [0.3, 0.4) is 0 Å². The van der Waals surface area contributed by atoms with Crippen LogP contribution in [-0.4, -0.2) is 26.2 Å². The SMILES string of the molecule is Cc1oncc1C(=O)N[C@@H](C)c1nc(-c2ccnc(C(F)(F)F)c2)no1. The van der Waals surface area contributed by atoms with Crippen molar-refractivity contribution in [1.29, 1.82) is 0 Å². The van der Waals surface area contributed by atoms with Crippen LogP contribution in [0.1, 0.15) is 40.7 Å². The summed E-state index contributed by atoms with van der Waals surface area (Å²) in [6.45, 7) is 3.17. The number of rotatable bonds is 4. The summed E-state index contributed by atoms with van der Waals surface area (Å²) in [5, 5.41) is 9.78. The smallest absolute Gasteiger partial charge is 0.361 e. The second kappa shape index (κ2) is 6.58. The highest BCUT2D eigenvalue weighted by molar-refractivity contribution is 5.94. The van der Waals surface area contributed by atoms with E-state index in [9.17, 15) is 18.0 Å². The normalized spacial score (nSPS) is 12.8. The minimum Gasteiger partial charge on any atom is -0.361 e. The Hall–Kier alpha value is -3.24. The molecule has 0 unspecified atom stereocenters. The van der Waals surface area contributed by atoms with Gasteiger partial charge in [0.25, 0.3) is 5.91 Å². The molecule has 0 aromatic carbocycles. The quantitative estimate of drug-likeness (QED) is 0.755. The number of aryl methyl sites for hydroxylation is 1. The van der Waals surface area contributed by atoms with Crippen LogP contribution in [0, 0.1) is 6.92 Å². The fourth-order valence-electron chi connectivity index (χ4n) is 2.11. The number of amides is 1. The summed E-state index contributed by atoms with van der Waals surface area (Å²) in [6.07, 6.45) is -2.30. The third-order valence-corrected chi connectivity index (χ3v) is 3.46. The molecule has 0 fully saturated rings. The fourth-order valence-corrected chi connectivity index (χ4v) is 2.11. The van der Waals surface area contributed by atoms with Crippen LogP contribution in [-0.2, 0) is 6.18 Å². The van der Waals surface area contributed by atoms with Crippen molar-refractivity contribution < 1.29 is 27.0 Å². The number of nitrogens with zero attached hydrogens (tertiary/aromatic N) is 4. The maximum absolute atomic E-state index is 12.7. The Kier molecular flexibility index (Phi) is 4.45. The molecule has 0 bridgehead atoms. The molecule has 8 nitrogen and oxygen atoms in total. The number of hydrogen-bond donors (Lipinski definition) is 1. The highest BCUT2D eigenvalue weighted by Gasteiger charge is 2.33. The number of aromatic nitrogens is 4. The van der Waals surface area contributed by atoms with Gasteiger partial charge in [-0.25, -0.2) is 0 Å². The maximum atomic E-state index is 12.7. The highest BCUT2D eigenvalue weighted by atomic mass is 19.4. The van der Waals surface area contributed by atoms with Crippen molar-refractivity contribution in [2.24, 2.45) is 0 Å². The Morgan fingerprint density at radius 2 is 2.08 bits per heavy atom. The number of pyridine rings is 1. The van der Waals surface area contributed by atoms with Crippen LogP contribution in [0.15, 0.2) is 33.6 Å². The van der Waals surface area contributed by atoms with E-state index in [4.69, 9.17) is 9.05 Å². The molecule has 11 heteroatoms. The Bertz CT molecular complexity index is 935. The molecule has 1 N–H and O–H groups in total. The first-order chi connectivity index (χ1) is 12.3.